The van der Waals surface area contributed by atoms with Gasteiger partial charge in [0.15, 0.2) is 0 Å². The SMILES string of the molecule is O=S(=O)(/C=C(\O[C@@H]1CCCC[C@H]1c1ccccc1)c1ccccc1)c1ccccc1. The van der Waals surface area contributed by atoms with E-state index < -0.39 is 9.84 Å². The zero-order chi connectivity index (χ0) is 20.8. The highest BCUT2D eigenvalue weighted by molar-refractivity contribution is 7.94. The van der Waals surface area contributed by atoms with Gasteiger partial charge in [0.1, 0.15) is 11.9 Å². The molecule has 2 atom stereocenters. The van der Waals surface area contributed by atoms with Crippen molar-refractivity contribution in [1.29, 1.82) is 0 Å². The Morgan fingerprint density at radius 1 is 0.767 bits per heavy atom. The Hall–Kier alpha value is -2.85. The summed E-state index contributed by atoms with van der Waals surface area (Å²) in [6.07, 6.45) is 4.14. The summed E-state index contributed by atoms with van der Waals surface area (Å²) in [5, 5.41) is 1.29. The molecule has 0 unspecified atom stereocenters. The van der Waals surface area contributed by atoms with Crippen LogP contribution < -0.4 is 0 Å². The number of hydrogen-bond donors (Lipinski definition) is 0. The highest BCUT2D eigenvalue weighted by Crippen LogP contribution is 2.37. The van der Waals surface area contributed by atoms with Gasteiger partial charge in [-0.15, -0.1) is 0 Å². The van der Waals surface area contributed by atoms with Crippen molar-refractivity contribution in [2.45, 2.75) is 42.6 Å². The van der Waals surface area contributed by atoms with Gasteiger partial charge >= 0.3 is 0 Å². The summed E-state index contributed by atoms with van der Waals surface area (Å²) in [4.78, 5) is 0.269. The molecule has 4 rings (SSSR count). The van der Waals surface area contributed by atoms with Crippen molar-refractivity contribution in [2.24, 2.45) is 0 Å². The topological polar surface area (TPSA) is 43.4 Å². The summed E-state index contributed by atoms with van der Waals surface area (Å²) >= 11 is 0. The van der Waals surface area contributed by atoms with Gasteiger partial charge in [-0.1, -0.05) is 85.3 Å². The van der Waals surface area contributed by atoms with E-state index in [-0.39, 0.29) is 16.9 Å². The van der Waals surface area contributed by atoms with Crippen molar-refractivity contribution in [3.8, 4) is 0 Å². The Labute approximate surface area is 179 Å². The van der Waals surface area contributed by atoms with E-state index in [0.29, 0.717) is 5.76 Å². The van der Waals surface area contributed by atoms with E-state index in [1.807, 2.05) is 42.5 Å². The molecule has 154 valence electrons. The number of benzene rings is 3. The van der Waals surface area contributed by atoms with E-state index in [4.69, 9.17) is 4.74 Å². The van der Waals surface area contributed by atoms with Crippen LogP contribution in [0.2, 0.25) is 0 Å². The molecule has 0 spiro atoms. The first-order chi connectivity index (χ1) is 14.6. The van der Waals surface area contributed by atoms with Gasteiger partial charge in [-0.25, -0.2) is 8.42 Å². The quantitative estimate of drug-likeness (QED) is 0.448. The summed E-state index contributed by atoms with van der Waals surface area (Å²) < 4.78 is 32.6. The zero-order valence-electron chi connectivity index (χ0n) is 16.9. The average Bonchev–Trinajstić information content (AvgIpc) is 2.81. The largest absolute Gasteiger partial charge is 0.488 e. The van der Waals surface area contributed by atoms with Crippen LogP contribution in [-0.2, 0) is 14.6 Å². The predicted molar refractivity (Wildman–Crippen MR) is 121 cm³/mol. The smallest absolute Gasteiger partial charge is 0.203 e. The van der Waals surface area contributed by atoms with Gasteiger partial charge in [0.25, 0.3) is 0 Å². The molecule has 0 radical (unpaired) electrons. The number of hydrogen-bond acceptors (Lipinski definition) is 3. The first kappa shape index (κ1) is 20.4. The maximum absolute atomic E-state index is 13.1. The second-order valence-corrected chi connectivity index (χ2v) is 9.46. The average molecular weight is 419 g/mol. The molecule has 1 saturated carbocycles. The number of ether oxygens (including phenoxy) is 1. The monoisotopic (exact) mass is 418 g/mol. The van der Waals surface area contributed by atoms with E-state index in [9.17, 15) is 8.42 Å². The van der Waals surface area contributed by atoms with Crippen LogP contribution in [0.1, 0.15) is 42.7 Å². The lowest BCUT2D eigenvalue weighted by Crippen LogP contribution is -2.26. The molecule has 1 aliphatic rings. The van der Waals surface area contributed by atoms with Gasteiger partial charge in [-0.3, -0.25) is 0 Å². The normalized spacial score (nSPS) is 19.9. The minimum atomic E-state index is -3.63. The molecule has 0 saturated heterocycles. The first-order valence-electron chi connectivity index (χ1n) is 10.4. The highest BCUT2D eigenvalue weighted by Gasteiger charge is 2.29. The maximum atomic E-state index is 13.1. The third kappa shape index (κ3) is 4.82. The van der Waals surface area contributed by atoms with E-state index >= 15 is 0 Å². The Balaban J connectivity index is 1.70. The molecule has 0 N–H and O–H groups in total. The zero-order valence-corrected chi connectivity index (χ0v) is 17.7. The summed E-state index contributed by atoms with van der Waals surface area (Å²) in [6.45, 7) is 0. The second kappa shape index (κ2) is 9.31. The fourth-order valence-corrected chi connectivity index (χ4v) is 5.21. The van der Waals surface area contributed by atoms with Crippen LogP contribution >= 0.6 is 0 Å². The number of sulfone groups is 1. The maximum Gasteiger partial charge on any atom is 0.203 e. The Bertz CT molecular complexity index is 1070. The van der Waals surface area contributed by atoms with Crippen molar-refractivity contribution in [1.82, 2.24) is 0 Å². The lowest BCUT2D eigenvalue weighted by Gasteiger charge is -2.33. The standard InChI is InChI=1S/C26H26O3S/c27-30(28,23-16-8-3-9-17-23)20-26(22-14-6-2-7-15-22)29-25-19-11-10-18-24(25)21-12-4-1-5-13-21/h1-9,12-17,20,24-25H,10-11,18-19H2/b26-20-/t24-,25+/m0/s1. The van der Waals surface area contributed by atoms with Crippen LogP contribution in [-0.4, -0.2) is 14.5 Å². The molecule has 4 heteroatoms. The van der Waals surface area contributed by atoms with E-state index in [2.05, 4.69) is 24.3 Å². The van der Waals surface area contributed by atoms with Crippen molar-refractivity contribution in [3.63, 3.8) is 0 Å². The van der Waals surface area contributed by atoms with Gasteiger partial charge in [-0.2, -0.15) is 0 Å². The Morgan fingerprint density at radius 2 is 1.33 bits per heavy atom. The molecule has 3 aromatic rings. The summed E-state index contributed by atoms with van der Waals surface area (Å²) in [5.41, 5.74) is 2.02. The first-order valence-corrected chi connectivity index (χ1v) is 12.0. The molecule has 30 heavy (non-hydrogen) atoms. The fraction of sp³-hybridized carbons (Fsp3) is 0.231. The van der Waals surface area contributed by atoms with Crippen molar-refractivity contribution >= 4 is 15.6 Å². The van der Waals surface area contributed by atoms with E-state index in [1.54, 1.807) is 24.3 Å². The van der Waals surface area contributed by atoms with Crippen LogP contribution in [0.15, 0.2) is 101 Å². The summed E-state index contributed by atoms with van der Waals surface area (Å²) in [6, 6.07) is 28.4. The number of rotatable bonds is 6. The van der Waals surface area contributed by atoms with E-state index in [0.717, 1.165) is 31.2 Å². The minimum Gasteiger partial charge on any atom is -0.488 e. The molecule has 0 aromatic heterocycles. The van der Waals surface area contributed by atoms with Crippen molar-refractivity contribution in [2.75, 3.05) is 0 Å². The molecule has 1 aliphatic carbocycles. The highest BCUT2D eigenvalue weighted by atomic mass is 32.2. The summed E-state index contributed by atoms with van der Waals surface area (Å²) in [5.74, 6) is 0.666. The molecule has 0 heterocycles. The van der Waals surface area contributed by atoms with E-state index in [1.165, 1.54) is 11.0 Å². The van der Waals surface area contributed by atoms with Crippen LogP contribution in [0.4, 0.5) is 0 Å². The molecule has 0 aliphatic heterocycles. The van der Waals surface area contributed by atoms with Gasteiger partial charge in [0.2, 0.25) is 9.84 Å². The predicted octanol–water partition coefficient (Wildman–Crippen LogP) is 6.20. The lowest BCUT2D eigenvalue weighted by atomic mass is 9.81. The third-order valence-corrected chi connectivity index (χ3v) is 7.05. The van der Waals surface area contributed by atoms with Gasteiger partial charge in [0, 0.05) is 11.5 Å². The molecular weight excluding hydrogens is 392 g/mol. The van der Waals surface area contributed by atoms with Crippen molar-refractivity contribution < 1.29 is 13.2 Å². The minimum absolute atomic E-state index is 0.0569. The van der Waals surface area contributed by atoms with Crippen LogP contribution in [0.5, 0.6) is 0 Å². The Kier molecular flexibility index (Phi) is 6.34. The summed E-state index contributed by atoms with van der Waals surface area (Å²) in [7, 11) is -3.63. The van der Waals surface area contributed by atoms with Gasteiger partial charge in [0.05, 0.1) is 10.3 Å². The second-order valence-electron chi connectivity index (χ2n) is 7.66. The van der Waals surface area contributed by atoms with Crippen LogP contribution in [0, 0.1) is 0 Å². The Morgan fingerprint density at radius 3 is 2.00 bits per heavy atom. The van der Waals surface area contributed by atoms with Crippen LogP contribution in [0.25, 0.3) is 5.76 Å². The van der Waals surface area contributed by atoms with Crippen molar-refractivity contribution in [3.05, 3.63) is 108 Å². The molecule has 3 nitrogen and oxygen atoms in total. The van der Waals surface area contributed by atoms with Gasteiger partial charge < -0.3 is 4.74 Å². The van der Waals surface area contributed by atoms with Crippen LogP contribution in [0.3, 0.4) is 0 Å². The molecule has 0 amide bonds. The fourth-order valence-electron chi connectivity index (χ4n) is 4.07. The molecule has 3 aromatic carbocycles. The lowest BCUT2D eigenvalue weighted by molar-refractivity contribution is 0.102. The molecule has 1 fully saturated rings. The third-order valence-electron chi connectivity index (χ3n) is 5.60. The van der Waals surface area contributed by atoms with Gasteiger partial charge in [-0.05, 0) is 37.0 Å². The molecular formula is C26H26O3S. The molecule has 0 bridgehead atoms.